The average molecular weight is 319 g/mol. The fraction of sp³-hybridized carbons (Fsp3) is 0.364. The minimum Gasteiger partial charge on any atom is -0.385 e. The summed E-state index contributed by atoms with van der Waals surface area (Å²) in [5.41, 5.74) is 1.92. The van der Waals surface area contributed by atoms with Gasteiger partial charge in [-0.1, -0.05) is 72.9 Å². The molecule has 0 saturated carbocycles. The number of hydrogen-bond acceptors (Lipinski definition) is 2. The van der Waals surface area contributed by atoms with Crippen LogP contribution in [0.2, 0.25) is 0 Å². The van der Waals surface area contributed by atoms with Crippen molar-refractivity contribution in [1.82, 2.24) is 5.32 Å². The molecule has 4 rings (SSSR count). The van der Waals surface area contributed by atoms with Crippen molar-refractivity contribution in [2.75, 3.05) is 6.54 Å². The van der Waals surface area contributed by atoms with Crippen LogP contribution in [0.15, 0.2) is 78.4 Å². The predicted octanol–water partition coefficient (Wildman–Crippen LogP) is 4.02. The minimum absolute atomic E-state index is 0.151. The van der Waals surface area contributed by atoms with Gasteiger partial charge in [0.15, 0.2) is 0 Å². The first-order valence-electron chi connectivity index (χ1n) is 8.96. The molecule has 1 fully saturated rings. The molecule has 24 heavy (non-hydrogen) atoms. The van der Waals surface area contributed by atoms with Crippen molar-refractivity contribution in [1.29, 1.82) is 0 Å². The van der Waals surface area contributed by atoms with Crippen molar-refractivity contribution in [3.05, 3.63) is 84.0 Å². The van der Waals surface area contributed by atoms with Gasteiger partial charge in [-0.15, -0.1) is 0 Å². The van der Waals surface area contributed by atoms with Crippen LogP contribution in [0.3, 0.4) is 0 Å². The molecule has 2 aliphatic carbocycles. The van der Waals surface area contributed by atoms with E-state index in [4.69, 9.17) is 0 Å². The Hall–Kier alpha value is -1.90. The van der Waals surface area contributed by atoms with Gasteiger partial charge >= 0.3 is 0 Å². The van der Waals surface area contributed by atoms with E-state index in [1.165, 1.54) is 11.1 Å². The molecule has 1 aliphatic heterocycles. The normalized spacial score (nSPS) is 34.2. The molecule has 124 valence electrons. The summed E-state index contributed by atoms with van der Waals surface area (Å²) in [5, 5.41) is 14.7. The first kappa shape index (κ1) is 15.6. The summed E-state index contributed by atoms with van der Waals surface area (Å²) in [4.78, 5) is 0. The lowest BCUT2D eigenvalue weighted by molar-refractivity contribution is 0.0736. The molecule has 3 aliphatic rings. The van der Waals surface area contributed by atoms with Crippen molar-refractivity contribution in [3.63, 3.8) is 0 Å². The second-order valence-electron chi connectivity index (χ2n) is 7.23. The lowest BCUT2D eigenvalue weighted by Gasteiger charge is -2.37. The number of fused-ring (bicyclic) bond motifs is 1. The first-order valence-corrected chi connectivity index (χ1v) is 8.96. The van der Waals surface area contributed by atoms with E-state index in [0.717, 1.165) is 25.8 Å². The van der Waals surface area contributed by atoms with E-state index in [1.807, 2.05) is 18.2 Å². The standard InChI is InChI=1S/C22H25NO/c24-21(13-7-2-8-14-21)15-16-22(19-10-3-1-4-11-19)20-12-6-5-9-18(20)17-23-22/h1-8,10-13,18,23-24H,9,14-17H2. The number of hydrogen-bond donors (Lipinski definition) is 2. The van der Waals surface area contributed by atoms with E-state index in [0.29, 0.717) is 12.3 Å². The highest BCUT2D eigenvalue weighted by atomic mass is 16.3. The maximum atomic E-state index is 10.9. The maximum absolute atomic E-state index is 10.9. The average Bonchev–Trinajstić information content (AvgIpc) is 3.02. The molecule has 1 aromatic carbocycles. The van der Waals surface area contributed by atoms with Gasteiger partial charge < -0.3 is 10.4 Å². The van der Waals surface area contributed by atoms with Gasteiger partial charge in [0.25, 0.3) is 0 Å². The van der Waals surface area contributed by atoms with E-state index >= 15 is 0 Å². The number of aliphatic hydroxyl groups is 1. The number of nitrogens with one attached hydrogen (secondary N) is 1. The lowest BCUT2D eigenvalue weighted by atomic mass is 9.73. The van der Waals surface area contributed by atoms with Gasteiger partial charge in [0.2, 0.25) is 0 Å². The van der Waals surface area contributed by atoms with Gasteiger partial charge in [-0.3, -0.25) is 0 Å². The summed E-state index contributed by atoms with van der Waals surface area (Å²) < 4.78 is 0. The summed E-state index contributed by atoms with van der Waals surface area (Å²) in [6.45, 7) is 1.01. The van der Waals surface area contributed by atoms with E-state index < -0.39 is 5.60 Å². The summed E-state index contributed by atoms with van der Waals surface area (Å²) in [6.07, 6.45) is 18.2. The second-order valence-corrected chi connectivity index (χ2v) is 7.23. The number of allylic oxidation sites excluding steroid dienone is 5. The molecule has 0 radical (unpaired) electrons. The van der Waals surface area contributed by atoms with Crippen molar-refractivity contribution in [2.24, 2.45) is 5.92 Å². The highest BCUT2D eigenvalue weighted by Gasteiger charge is 2.45. The quantitative estimate of drug-likeness (QED) is 0.879. The van der Waals surface area contributed by atoms with E-state index in [2.05, 4.69) is 60.0 Å². The van der Waals surface area contributed by atoms with Gasteiger partial charge in [0, 0.05) is 6.54 Å². The Bertz CT molecular complexity index is 715. The molecular weight excluding hydrogens is 294 g/mol. The first-order chi connectivity index (χ1) is 11.7. The molecule has 2 nitrogen and oxygen atoms in total. The molecule has 1 saturated heterocycles. The van der Waals surface area contributed by atoms with Gasteiger partial charge in [-0.25, -0.2) is 0 Å². The topological polar surface area (TPSA) is 32.3 Å². The van der Waals surface area contributed by atoms with Crippen LogP contribution < -0.4 is 5.32 Å². The largest absolute Gasteiger partial charge is 0.385 e. The second kappa shape index (κ2) is 6.19. The third-order valence-electron chi connectivity index (χ3n) is 5.74. The smallest absolute Gasteiger partial charge is 0.0866 e. The number of benzene rings is 1. The molecule has 1 heterocycles. The monoisotopic (exact) mass is 319 g/mol. The molecule has 0 spiro atoms. The van der Waals surface area contributed by atoms with Crippen LogP contribution >= 0.6 is 0 Å². The van der Waals surface area contributed by atoms with Crippen LogP contribution in [0.1, 0.15) is 31.2 Å². The molecular formula is C22H25NO. The fourth-order valence-corrected chi connectivity index (χ4v) is 4.37. The Morgan fingerprint density at radius 1 is 1.04 bits per heavy atom. The summed E-state index contributed by atoms with van der Waals surface area (Å²) in [6, 6.07) is 10.7. The minimum atomic E-state index is -0.721. The van der Waals surface area contributed by atoms with Gasteiger partial charge in [0.05, 0.1) is 11.1 Å². The van der Waals surface area contributed by atoms with Gasteiger partial charge in [-0.05, 0) is 42.7 Å². The fourth-order valence-electron chi connectivity index (χ4n) is 4.37. The van der Waals surface area contributed by atoms with Crippen LogP contribution in [0.4, 0.5) is 0 Å². The van der Waals surface area contributed by atoms with Crippen LogP contribution in [0, 0.1) is 5.92 Å². The zero-order valence-corrected chi connectivity index (χ0v) is 14.0. The van der Waals surface area contributed by atoms with Crippen LogP contribution in [0.5, 0.6) is 0 Å². The highest BCUT2D eigenvalue weighted by Crippen LogP contribution is 2.46. The Labute approximate surface area is 144 Å². The van der Waals surface area contributed by atoms with E-state index in [9.17, 15) is 5.11 Å². The molecule has 3 atom stereocenters. The van der Waals surface area contributed by atoms with Crippen molar-refractivity contribution < 1.29 is 5.11 Å². The van der Waals surface area contributed by atoms with Crippen molar-refractivity contribution in [3.8, 4) is 0 Å². The number of rotatable bonds is 4. The molecule has 2 N–H and O–H groups in total. The lowest BCUT2D eigenvalue weighted by Crippen LogP contribution is -2.41. The Balaban J connectivity index is 1.67. The Morgan fingerprint density at radius 2 is 1.92 bits per heavy atom. The molecule has 1 aromatic rings. The SMILES string of the molecule is OC1(CCC2(c3ccccc3)NCC3CC=CC=C32)C=CC=CC1. The molecule has 3 unspecified atom stereocenters. The predicted molar refractivity (Wildman–Crippen MR) is 98.5 cm³/mol. The zero-order chi connectivity index (χ0) is 16.5. The summed E-state index contributed by atoms with van der Waals surface area (Å²) in [5.74, 6) is 0.576. The van der Waals surface area contributed by atoms with Crippen molar-refractivity contribution >= 4 is 0 Å². The Morgan fingerprint density at radius 3 is 2.71 bits per heavy atom. The van der Waals surface area contributed by atoms with Crippen LogP contribution in [0.25, 0.3) is 0 Å². The summed E-state index contributed by atoms with van der Waals surface area (Å²) >= 11 is 0. The molecule has 2 heteroatoms. The summed E-state index contributed by atoms with van der Waals surface area (Å²) in [7, 11) is 0. The van der Waals surface area contributed by atoms with Crippen LogP contribution in [-0.2, 0) is 5.54 Å². The van der Waals surface area contributed by atoms with Crippen LogP contribution in [-0.4, -0.2) is 17.3 Å². The molecule has 0 amide bonds. The van der Waals surface area contributed by atoms with Gasteiger partial charge in [-0.2, -0.15) is 0 Å². The highest BCUT2D eigenvalue weighted by molar-refractivity contribution is 5.43. The van der Waals surface area contributed by atoms with Crippen molar-refractivity contribution in [2.45, 2.75) is 36.8 Å². The van der Waals surface area contributed by atoms with E-state index in [1.54, 1.807) is 0 Å². The van der Waals surface area contributed by atoms with Gasteiger partial charge in [0.1, 0.15) is 0 Å². The Kier molecular flexibility index (Phi) is 4.03. The molecule has 0 bridgehead atoms. The van der Waals surface area contributed by atoms with E-state index in [-0.39, 0.29) is 5.54 Å². The zero-order valence-electron chi connectivity index (χ0n) is 14.0. The third kappa shape index (κ3) is 2.70. The molecule has 0 aromatic heterocycles. The third-order valence-corrected chi connectivity index (χ3v) is 5.74. The maximum Gasteiger partial charge on any atom is 0.0866 e.